The molecule has 0 heterocycles. The van der Waals surface area contributed by atoms with Gasteiger partial charge in [-0.2, -0.15) is 0 Å². The van der Waals surface area contributed by atoms with Gasteiger partial charge in [0.15, 0.2) is 0 Å². The van der Waals surface area contributed by atoms with Crippen LogP contribution in [0, 0.1) is 0 Å². The molecule has 0 saturated carbocycles. The summed E-state index contributed by atoms with van der Waals surface area (Å²) in [6.07, 6.45) is 0. The first-order valence-corrected chi connectivity index (χ1v) is 6.18. The molecule has 1 aromatic rings. The molecule has 1 amide bonds. The van der Waals surface area contributed by atoms with E-state index < -0.39 is 0 Å². The molecule has 0 bridgehead atoms. The zero-order valence-corrected chi connectivity index (χ0v) is 11.6. The van der Waals surface area contributed by atoms with Gasteiger partial charge < -0.3 is 19.5 Å². The van der Waals surface area contributed by atoms with Crippen LogP contribution in [-0.4, -0.2) is 39.9 Å². The van der Waals surface area contributed by atoms with Gasteiger partial charge in [0.2, 0.25) is 5.91 Å². The highest BCUT2D eigenvalue weighted by Gasteiger charge is 2.13. The van der Waals surface area contributed by atoms with Gasteiger partial charge in [-0.1, -0.05) is 18.2 Å². The first-order chi connectivity index (χ1) is 9.19. The Labute approximate surface area is 113 Å². The lowest BCUT2D eigenvalue weighted by Gasteiger charge is -2.17. The number of amides is 1. The maximum Gasteiger partial charge on any atom is 0.246 e. The van der Waals surface area contributed by atoms with Crippen molar-refractivity contribution in [3.63, 3.8) is 0 Å². The Morgan fingerprint density at radius 2 is 2.00 bits per heavy atom. The number of carbonyl (C=O) groups excluding carboxylic acids is 1. The van der Waals surface area contributed by atoms with E-state index in [-0.39, 0.29) is 18.6 Å². The average molecular weight is 267 g/mol. The van der Waals surface area contributed by atoms with Crippen molar-refractivity contribution >= 4 is 5.91 Å². The minimum atomic E-state index is -0.158. The predicted octanol–water partition coefficient (Wildman–Crippen LogP) is 1.54. The topological polar surface area (TPSA) is 56.8 Å². The van der Waals surface area contributed by atoms with E-state index in [1.807, 2.05) is 31.2 Å². The van der Waals surface area contributed by atoms with Gasteiger partial charge in [-0.25, -0.2) is 0 Å². The summed E-state index contributed by atoms with van der Waals surface area (Å²) in [7, 11) is 3.20. The maximum absolute atomic E-state index is 11.7. The number of para-hydroxylation sites is 1. The molecule has 5 nitrogen and oxygen atoms in total. The number of ether oxygens (including phenoxy) is 3. The first kappa shape index (κ1) is 15.5. The van der Waals surface area contributed by atoms with Crippen molar-refractivity contribution in [3.8, 4) is 5.75 Å². The summed E-state index contributed by atoms with van der Waals surface area (Å²) < 4.78 is 15.3. The van der Waals surface area contributed by atoms with E-state index in [2.05, 4.69) is 5.32 Å². The number of hydrogen-bond donors (Lipinski definition) is 1. The Hall–Kier alpha value is -1.59. The van der Waals surface area contributed by atoms with E-state index in [9.17, 15) is 4.79 Å². The third kappa shape index (κ3) is 5.28. The van der Waals surface area contributed by atoms with E-state index >= 15 is 0 Å². The van der Waals surface area contributed by atoms with Gasteiger partial charge >= 0.3 is 0 Å². The summed E-state index contributed by atoms with van der Waals surface area (Å²) in [5.74, 6) is 0.602. The zero-order valence-electron chi connectivity index (χ0n) is 11.6. The molecular formula is C14H21NO4. The fourth-order valence-corrected chi connectivity index (χ4v) is 1.69. The normalized spacial score (nSPS) is 11.9. The van der Waals surface area contributed by atoms with Crippen molar-refractivity contribution in [3.05, 3.63) is 29.8 Å². The number of hydrogen-bond acceptors (Lipinski definition) is 4. The van der Waals surface area contributed by atoms with Crippen molar-refractivity contribution in [1.29, 1.82) is 0 Å². The van der Waals surface area contributed by atoms with Crippen LogP contribution in [-0.2, 0) is 14.3 Å². The van der Waals surface area contributed by atoms with Gasteiger partial charge in [-0.3, -0.25) is 4.79 Å². The summed E-state index contributed by atoms with van der Waals surface area (Å²) in [6.45, 7) is 2.83. The molecule has 0 fully saturated rings. The van der Waals surface area contributed by atoms with Crippen molar-refractivity contribution in [2.45, 2.75) is 13.0 Å². The van der Waals surface area contributed by atoms with Crippen LogP contribution in [0.15, 0.2) is 24.3 Å². The van der Waals surface area contributed by atoms with Gasteiger partial charge in [0.25, 0.3) is 0 Å². The third-order valence-electron chi connectivity index (χ3n) is 2.65. The molecular weight excluding hydrogens is 246 g/mol. The molecule has 0 unspecified atom stereocenters. The maximum atomic E-state index is 11.7. The highest BCUT2D eigenvalue weighted by molar-refractivity contribution is 5.77. The first-order valence-electron chi connectivity index (χ1n) is 6.18. The Kier molecular flexibility index (Phi) is 6.92. The third-order valence-corrected chi connectivity index (χ3v) is 2.65. The van der Waals surface area contributed by atoms with E-state index in [0.29, 0.717) is 13.2 Å². The molecule has 0 radical (unpaired) electrons. The highest BCUT2D eigenvalue weighted by Crippen LogP contribution is 2.23. The van der Waals surface area contributed by atoms with Crippen LogP contribution < -0.4 is 10.1 Å². The SMILES string of the molecule is COCCOCC(=O)N[C@@H](C)c1ccccc1OC. The zero-order chi connectivity index (χ0) is 14.1. The van der Waals surface area contributed by atoms with Crippen LogP contribution in [0.3, 0.4) is 0 Å². The Morgan fingerprint density at radius 3 is 2.68 bits per heavy atom. The summed E-state index contributed by atoms with van der Waals surface area (Å²) >= 11 is 0. The monoisotopic (exact) mass is 267 g/mol. The molecule has 0 aliphatic heterocycles. The molecule has 0 saturated heterocycles. The fraction of sp³-hybridized carbons (Fsp3) is 0.500. The molecule has 106 valence electrons. The summed E-state index contributed by atoms with van der Waals surface area (Å²) in [6, 6.07) is 7.47. The highest BCUT2D eigenvalue weighted by atomic mass is 16.5. The molecule has 1 N–H and O–H groups in total. The van der Waals surface area contributed by atoms with E-state index in [1.165, 1.54) is 0 Å². The number of benzene rings is 1. The molecule has 0 aromatic heterocycles. The lowest BCUT2D eigenvalue weighted by Crippen LogP contribution is -2.30. The summed E-state index contributed by atoms with van der Waals surface area (Å²) in [5, 5.41) is 2.86. The Bertz CT molecular complexity index is 395. The Balaban J connectivity index is 2.45. The lowest BCUT2D eigenvalue weighted by molar-refractivity contribution is -0.126. The molecule has 0 aliphatic rings. The van der Waals surface area contributed by atoms with Crippen molar-refractivity contribution in [2.24, 2.45) is 0 Å². The number of methoxy groups -OCH3 is 2. The smallest absolute Gasteiger partial charge is 0.246 e. The summed E-state index contributed by atoms with van der Waals surface area (Å²) in [5.41, 5.74) is 0.940. The van der Waals surface area contributed by atoms with Crippen LogP contribution in [0.1, 0.15) is 18.5 Å². The van der Waals surface area contributed by atoms with Crippen LogP contribution in [0.5, 0.6) is 5.75 Å². The van der Waals surface area contributed by atoms with Crippen LogP contribution in [0.2, 0.25) is 0 Å². The van der Waals surface area contributed by atoms with Gasteiger partial charge in [-0.05, 0) is 13.0 Å². The molecule has 19 heavy (non-hydrogen) atoms. The van der Waals surface area contributed by atoms with Crippen molar-refractivity contribution in [2.75, 3.05) is 34.0 Å². The average Bonchev–Trinajstić information content (AvgIpc) is 2.43. The number of nitrogens with one attached hydrogen (secondary N) is 1. The number of carbonyl (C=O) groups is 1. The second kappa shape index (κ2) is 8.50. The van der Waals surface area contributed by atoms with Gasteiger partial charge in [0, 0.05) is 12.7 Å². The standard InChI is InChI=1S/C14H21NO4/c1-11(12-6-4-5-7-13(12)18-3)15-14(16)10-19-9-8-17-2/h4-7,11H,8-10H2,1-3H3,(H,15,16)/t11-/m0/s1. The van der Waals surface area contributed by atoms with E-state index in [0.717, 1.165) is 11.3 Å². The fourth-order valence-electron chi connectivity index (χ4n) is 1.69. The Morgan fingerprint density at radius 1 is 1.26 bits per heavy atom. The molecule has 0 spiro atoms. The molecule has 0 aliphatic carbocycles. The number of rotatable bonds is 8. The van der Waals surface area contributed by atoms with E-state index in [1.54, 1.807) is 14.2 Å². The molecule has 1 rings (SSSR count). The van der Waals surface area contributed by atoms with Gasteiger partial charge in [0.1, 0.15) is 12.4 Å². The van der Waals surface area contributed by atoms with Crippen LogP contribution in [0.4, 0.5) is 0 Å². The quantitative estimate of drug-likeness (QED) is 0.726. The van der Waals surface area contributed by atoms with E-state index in [4.69, 9.17) is 14.2 Å². The second-order valence-electron chi connectivity index (χ2n) is 4.08. The summed E-state index contributed by atoms with van der Waals surface area (Å²) in [4.78, 5) is 11.7. The molecule has 5 heteroatoms. The lowest BCUT2D eigenvalue weighted by atomic mass is 10.1. The predicted molar refractivity (Wildman–Crippen MR) is 72.2 cm³/mol. The molecule has 1 aromatic carbocycles. The van der Waals surface area contributed by atoms with Crippen LogP contribution in [0.25, 0.3) is 0 Å². The van der Waals surface area contributed by atoms with Gasteiger partial charge in [0.05, 0.1) is 26.4 Å². The minimum Gasteiger partial charge on any atom is -0.496 e. The van der Waals surface area contributed by atoms with Crippen LogP contribution >= 0.6 is 0 Å². The van der Waals surface area contributed by atoms with Gasteiger partial charge in [-0.15, -0.1) is 0 Å². The minimum absolute atomic E-state index is 0.0306. The van der Waals surface area contributed by atoms with Crippen molar-refractivity contribution < 1.29 is 19.0 Å². The second-order valence-corrected chi connectivity index (χ2v) is 4.08. The van der Waals surface area contributed by atoms with Crippen molar-refractivity contribution in [1.82, 2.24) is 5.32 Å². The molecule has 1 atom stereocenters. The largest absolute Gasteiger partial charge is 0.496 e.